The third-order valence-corrected chi connectivity index (χ3v) is 5.90. The van der Waals surface area contributed by atoms with Gasteiger partial charge in [-0.2, -0.15) is 5.26 Å². The van der Waals surface area contributed by atoms with E-state index in [0.717, 1.165) is 4.88 Å². The van der Waals surface area contributed by atoms with E-state index < -0.39 is 5.92 Å². The number of aromatic amines is 1. The Morgan fingerprint density at radius 2 is 2.42 bits per heavy atom. The number of pyridine rings is 1. The van der Waals surface area contributed by atoms with Gasteiger partial charge in [0.2, 0.25) is 5.88 Å². The van der Waals surface area contributed by atoms with Crippen LogP contribution in [0.25, 0.3) is 10.3 Å². The van der Waals surface area contributed by atoms with Crippen LogP contribution in [0.15, 0.2) is 46.4 Å². The Labute approximate surface area is 156 Å². The van der Waals surface area contributed by atoms with Gasteiger partial charge >= 0.3 is 0 Å². The van der Waals surface area contributed by atoms with E-state index in [1.54, 1.807) is 6.08 Å². The lowest BCUT2D eigenvalue weighted by Crippen LogP contribution is -2.27. The number of hydrogen-bond acceptors (Lipinski definition) is 8. The molecule has 1 aliphatic rings. The van der Waals surface area contributed by atoms with Crippen molar-refractivity contribution in [2.75, 3.05) is 11.9 Å². The summed E-state index contributed by atoms with van der Waals surface area (Å²) >= 11 is 2.81. The fourth-order valence-corrected chi connectivity index (χ4v) is 4.64. The first-order valence-electron chi connectivity index (χ1n) is 7.66. The molecule has 4 N–H and O–H groups in total. The number of thiophene rings is 1. The summed E-state index contributed by atoms with van der Waals surface area (Å²) in [7, 11) is 0. The number of rotatable bonds is 4. The van der Waals surface area contributed by atoms with Crippen molar-refractivity contribution in [2.45, 2.75) is 5.92 Å². The first-order chi connectivity index (χ1) is 12.6. The fourth-order valence-electron chi connectivity index (χ4n) is 2.87. The molecule has 3 aromatic rings. The monoisotopic (exact) mass is 383 g/mol. The Hall–Kier alpha value is -3.09. The Kier molecular flexibility index (Phi) is 3.99. The van der Waals surface area contributed by atoms with E-state index in [9.17, 15) is 10.1 Å². The van der Waals surface area contributed by atoms with Gasteiger partial charge in [-0.3, -0.25) is 4.79 Å². The zero-order chi connectivity index (χ0) is 18.3. The number of allylic oxidation sites excluding steroid dienone is 1. The second-order valence-corrected chi connectivity index (χ2v) is 7.48. The van der Waals surface area contributed by atoms with E-state index in [1.165, 1.54) is 22.7 Å². The van der Waals surface area contributed by atoms with Gasteiger partial charge in [0.05, 0.1) is 11.5 Å². The molecule has 0 aromatic carbocycles. The molecule has 0 aliphatic carbocycles. The summed E-state index contributed by atoms with van der Waals surface area (Å²) in [6.07, 6.45) is 1.72. The first kappa shape index (κ1) is 16.4. The van der Waals surface area contributed by atoms with Crippen LogP contribution >= 0.6 is 22.7 Å². The van der Waals surface area contributed by atoms with Crippen molar-refractivity contribution in [3.8, 4) is 11.8 Å². The lowest BCUT2D eigenvalue weighted by molar-refractivity contribution is 0.398. The van der Waals surface area contributed by atoms with Gasteiger partial charge in [-0.05, 0) is 11.4 Å². The molecule has 0 saturated carbocycles. The number of anilines is 1. The molecule has 0 spiro atoms. The van der Waals surface area contributed by atoms with Crippen molar-refractivity contribution in [3.05, 3.63) is 62.4 Å². The molecule has 0 radical (unpaired) electrons. The molecule has 0 bridgehead atoms. The van der Waals surface area contributed by atoms with Crippen LogP contribution in [-0.2, 0) is 0 Å². The normalized spacial score (nSPS) is 16.0. The maximum Gasteiger partial charge on any atom is 0.257 e. The van der Waals surface area contributed by atoms with Gasteiger partial charge in [0.1, 0.15) is 16.3 Å². The highest BCUT2D eigenvalue weighted by Gasteiger charge is 2.35. The number of thiazole rings is 1. The zero-order valence-corrected chi connectivity index (χ0v) is 15.0. The number of aromatic nitrogens is 2. The van der Waals surface area contributed by atoms with Crippen molar-refractivity contribution in [2.24, 2.45) is 5.73 Å². The summed E-state index contributed by atoms with van der Waals surface area (Å²) in [6, 6.07) is 5.84. The van der Waals surface area contributed by atoms with E-state index in [1.807, 2.05) is 17.5 Å². The van der Waals surface area contributed by atoms with E-state index >= 15 is 0 Å². The van der Waals surface area contributed by atoms with Crippen LogP contribution in [-0.4, -0.2) is 16.5 Å². The molecule has 4 heterocycles. The topological polar surface area (TPSA) is 117 Å². The molecule has 0 saturated heterocycles. The van der Waals surface area contributed by atoms with Gasteiger partial charge in [0, 0.05) is 11.4 Å². The molecule has 0 fully saturated rings. The molecule has 1 atom stereocenters. The van der Waals surface area contributed by atoms with E-state index in [2.05, 4.69) is 27.9 Å². The molecule has 26 heavy (non-hydrogen) atoms. The second kappa shape index (κ2) is 6.33. The molecule has 4 rings (SSSR count). The van der Waals surface area contributed by atoms with Crippen LogP contribution < -0.4 is 21.3 Å². The van der Waals surface area contributed by atoms with E-state index in [-0.39, 0.29) is 17.0 Å². The number of H-pyrrole nitrogens is 1. The summed E-state index contributed by atoms with van der Waals surface area (Å²) < 4.78 is 6.39. The molecule has 130 valence electrons. The highest BCUT2D eigenvalue weighted by molar-refractivity contribution is 7.22. The quantitative estimate of drug-likeness (QED) is 0.597. The van der Waals surface area contributed by atoms with Crippen LogP contribution in [0.4, 0.5) is 5.13 Å². The lowest BCUT2D eigenvalue weighted by atomic mass is 9.89. The first-order valence-corrected chi connectivity index (χ1v) is 9.36. The van der Waals surface area contributed by atoms with Gasteiger partial charge in [-0.25, -0.2) is 4.98 Å². The van der Waals surface area contributed by atoms with Crippen LogP contribution in [0.5, 0.6) is 5.75 Å². The van der Waals surface area contributed by atoms with Crippen LogP contribution in [0.3, 0.4) is 0 Å². The minimum absolute atomic E-state index is 0.0132. The molecular weight excluding hydrogens is 370 g/mol. The van der Waals surface area contributed by atoms with E-state index in [4.69, 9.17) is 10.5 Å². The second-order valence-electron chi connectivity index (χ2n) is 5.50. The molecule has 1 unspecified atom stereocenters. The molecule has 9 heteroatoms. The maximum atomic E-state index is 12.8. The molecular formula is C17H13N5O2S2. The summed E-state index contributed by atoms with van der Waals surface area (Å²) in [5.74, 6) is -0.175. The average Bonchev–Trinajstić information content (AvgIpc) is 3.28. The van der Waals surface area contributed by atoms with E-state index in [0.29, 0.717) is 33.3 Å². The summed E-state index contributed by atoms with van der Waals surface area (Å²) in [6.45, 7) is 4.21. The molecule has 1 aliphatic heterocycles. The summed E-state index contributed by atoms with van der Waals surface area (Å²) in [5.41, 5.74) is 6.71. The minimum atomic E-state index is -0.552. The number of hydrogen-bond donors (Lipinski definition) is 3. The van der Waals surface area contributed by atoms with Crippen molar-refractivity contribution in [1.29, 1.82) is 5.26 Å². The number of nitriles is 1. The van der Waals surface area contributed by atoms with Crippen LogP contribution in [0, 0.1) is 11.3 Å². The lowest BCUT2D eigenvalue weighted by Gasteiger charge is -2.24. The summed E-state index contributed by atoms with van der Waals surface area (Å²) in [4.78, 5) is 20.8. The van der Waals surface area contributed by atoms with Gasteiger partial charge in [-0.15, -0.1) is 17.9 Å². The van der Waals surface area contributed by atoms with Crippen LogP contribution in [0.1, 0.15) is 16.4 Å². The number of fused-ring (bicyclic) bond motifs is 3. The highest BCUT2D eigenvalue weighted by Crippen LogP contribution is 2.45. The average molecular weight is 383 g/mol. The number of nitrogens with one attached hydrogen (secondary N) is 2. The molecule has 0 amide bonds. The Bertz CT molecular complexity index is 1130. The Morgan fingerprint density at radius 1 is 1.58 bits per heavy atom. The Morgan fingerprint density at radius 3 is 3.12 bits per heavy atom. The van der Waals surface area contributed by atoms with Crippen LogP contribution in [0.2, 0.25) is 0 Å². The smallest absolute Gasteiger partial charge is 0.257 e. The van der Waals surface area contributed by atoms with Gasteiger partial charge in [0.25, 0.3) is 5.56 Å². The third-order valence-electron chi connectivity index (χ3n) is 3.96. The van der Waals surface area contributed by atoms with Crippen molar-refractivity contribution in [3.63, 3.8) is 0 Å². The predicted octanol–water partition coefficient (Wildman–Crippen LogP) is 2.86. The maximum absolute atomic E-state index is 12.8. The minimum Gasteiger partial charge on any atom is -0.438 e. The largest absolute Gasteiger partial charge is 0.438 e. The fraction of sp³-hybridized carbons (Fsp3) is 0.118. The van der Waals surface area contributed by atoms with Gasteiger partial charge < -0.3 is 20.8 Å². The third kappa shape index (κ3) is 2.47. The highest BCUT2D eigenvalue weighted by atomic mass is 32.1. The Balaban J connectivity index is 1.98. The zero-order valence-electron chi connectivity index (χ0n) is 13.4. The van der Waals surface area contributed by atoms with Crippen molar-refractivity contribution in [1.82, 2.24) is 9.97 Å². The number of nitrogens with two attached hydrogens (primary N) is 1. The van der Waals surface area contributed by atoms with Crippen molar-refractivity contribution >= 4 is 38.2 Å². The predicted molar refractivity (Wildman–Crippen MR) is 103 cm³/mol. The number of ether oxygens (including phenoxy) is 1. The SMILES string of the molecule is C=CCNc1nc2[nH]c(=O)c3c(c2s1)OC(N)=C(C#N)C3c1cccs1. The molecule has 3 aromatic heterocycles. The molecule has 7 nitrogen and oxygen atoms in total. The number of nitrogens with zero attached hydrogens (tertiary/aromatic N) is 2. The standard InChI is InChI=1S/C17H13N5O2S2/c1-2-5-20-17-22-15-13(26-17)12-11(16(23)21-15)10(9-4-3-6-25-9)8(7-18)14(19)24-12/h2-4,6,10H,1,5,19H2,(H2,20,21,22,23). The van der Waals surface area contributed by atoms with Gasteiger partial charge in [-0.1, -0.05) is 23.5 Å². The summed E-state index contributed by atoms with van der Waals surface area (Å²) in [5, 5.41) is 15.2. The van der Waals surface area contributed by atoms with Gasteiger partial charge in [0.15, 0.2) is 16.5 Å². The van der Waals surface area contributed by atoms with Crippen molar-refractivity contribution < 1.29 is 4.74 Å².